The fraction of sp³-hybridized carbons (Fsp3) is 0.263. The van der Waals surface area contributed by atoms with Crippen LogP contribution in [-0.4, -0.2) is 29.1 Å². The number of hydrogen-bond acceptors (Lipinski definition) is 3. The number of sulfonamides is 1. The third-order valence-corrected chi connectivity index (χ3v) is 5.15. The Bertz CT molecular complexity index is 874. The molecular weight excluding hydrogens is 320 g/mol. The van der Waals surface area contributed by atoms with Crippen LogP contribution in [0.4, 0.5) is 5.69 Å². The van der Waals surface area contributed by atoms with Gasteiger partial charge in [0.1, 0.15) is 0 Å². The van der Waals surface area contributed by atoms with E-state index >= 15 is 0 Å². The van der Waals surface area contributed by atoms with Crippen molar-refractivity contribution in [3.05, 3.63) is 59.2 Å². The highest BCUT2D eigenvalue weighted by Crippen LogP contribution is 2.16. The van der Waals surface area contributed by atoms with Crippen LogP contribution in [0.15, 0.2) is 47.4 Å². The lowest BCUT2D eigenvalue weighted by Gasteiger charge is -2.11. The quantitative estimate of drug-likeness (QED) is 0.869. The second-order valence-electron chi connectivity index (χ2n) is 5.84. The number of nitrogens with one attached hydrogen (secondary N) is 1. The molecule has 126 valence electrons. The number of nitrogens with zero attached hydrogens (tertiary/aromatic N) is 1. The van der Waals surface area contributed by atoms with E-state index in [-0.39, 0.29) is 6.54 Å². The highest BCUT2D eigenvalue weighted by molar-refractivity contribution is 7.89. The fourth-order valence-corrected chi connectivity index (χ4v) is 3.45. The number of benzene rings is 2. The van der Waals surface area contributed by atoms with Crippen LogP contribution in [-0.2, 0) is 10.0 Å². The molecule has 0 aromatic heterocycles. The zero-order valence-corrected chi connectivity index (χ0v) is 15.2. The van der Waals surface area contributed by atoms with Crippen LogP contribution in [0.1, 0.15) is 16.7 Å². The van der Waals surface area contributed by atoms with E-state index in [0.29, 0.717) is 4.90 Å². The summed E-state index contributed by atoms with van der Waals surface area (Å²) in [5.74, 6) is 5.82. The lowest BCUT2D eigenvalue weighted by Crippen LogP contribution is -2.24. The molecule has 2 aromatic carbocycles. The van der Waals surface area contributed by atoms with Crippen molar-refractivity contribution in [2.24, 2.45) is 0 Å². The van der Waals surface area contributed by atoms with Crippen LogP contribution in [0.5, 0.6) is 0 Å². The minimum absolute atomic E-state index is 0.0745. The molecule has 0 saturated heterocycles. The zero-order valence-electron chi connectivity index (χ0n) is 14.4. The van der Waals surface area contributed by atoms with Crippen molar-refractivity contribution in [1.29, 1.82) is 0 Å². The van der Waals surface area contributed by atoms with Crippen molar-refractivity contribution >= 4 is 15.7 Å². The Labute approximate surface area is 144 Å². The molecule has 0 unspecified atom stereocenters. The monoisotopic (exact) mass is 342 g/mol. The first-order chi connectivity index (χ1) is 11.3. The Balaban J connectivity index is 2.03. The second kappa shape index (κ2) is 7.52. The maximum atomic E-state index is 12.3. The molecule has 1 N–H and O–H groups in total. The Morgan fingerprint density at radius 3 is 2.29 bits per heavy atom. The first kappa shape index (κ1) is 18.1. The molecule has 0 fully saturated rings. The topological polar surface area (TPSA) is 49.4 Å². The summed E-state index contributed by atoms with van der Waals surface area (Å²) in [6.45, 7) is 3.80. The van der Waals surface area contributed by atoms with Gasteiger partial charge in [-0.2, -0.15) is 4.72 Å². The van der Waals surface area contributed by atoms with Gasteiger partial charge in [-0.3, -0.25) is 0 Å². The van der Waals surface area contributed by atoms with Gasteiger partial charge in [0.25, 0.3) is 0 Å². The molecule has 0 bridgehead atoms. The first-order valence-corrected chi connectivity index (χ1v) is 9.11. The second-order valence-corrected chi connectivity index (χ2v) is 7.57. The lowest BCUT2D eigenvalue weighted by molar-refractivity contribution is 0.585. The van der Waals surface area contributed by atoms with Crippen molar-refractivity contribution < 1.29 is 8.42 Å². The average molecular weight is 342 g/mol. The molecule has 0 aliphatic rings. The van der Waals surface area contributed by atoms with Crippen molar-refractivity contribution in [3.63, 3.8) is 0 Å². The highest BCUT2D eigenvalue weighted by Gasteiger charge is 2.15. The van der Waals surface area contributed by atoms with E-state index in [0.717, 1.165) is 22.4 Å². The summed E-state index contributed by atoms with van der Waals surface area (Å²) < 4.78 is 27.1. The summed E-state index contributed by atoms with van der Waals surface area (Å²) in [5, 5.41) is 0. The summed E-state index contributed by atoms with van der Waals surface area (Å²) in [5.41, 5.74) is 3.71. The standard InChI is InChI=1S/C19H22N2O2S/c1-15-7-12-19(16(2)14-15)24(22,23)20-13-5-6-17-8-10-18(11-9-17)21(3)4/h7-12,14,20H,13H2,1-4H3. The Morgan fingerprint density at radius 1 is 1.04 bits per heavy atom. The lowest BCUT2D eigenvalue weighted by atomic mass is 10.2. The molecule has 0 atom stereocenters. The van der Waals surface area contributed by atoms with E-state index in [9.17, 15) is 8.42 Å². The number of rotatable bonds is 4. The van der Waals surface area contributed by atoms with E-state index < -0.39 is 10.0 Å². The Hall–Kier alpha value is -2.29. The van der Waals surface area contributed by atoms with Gasteiger partial charge in [-0.25, -0.2) is 8.42 Å². The van der Waals surface area contributed by atoms with Crippen molar-refractivity contribution in [2.75, 3.05) is 25.5 Å². The van der Waals surface area contributed by atoms with Crippen LogP contribution in [0.25, 0.3) is 0 Å². The predicted octanol–water partition coefficient (Wildman–Crippen LogP) is 2.70. The number of hydrogen-bond donors (Lipinski definition) is 1. The van der Waals surface area contributed by atoms with Crippen molar-refractivity contribution in [2.45, 2.75) is 18.7 Å². The van der Waals surface area contributed by atoms with Gasteiger partial charge in [-0.15, -0.1) is 0 Å². The van der Waals surface area contributed by atoms with Gasteiger partial charge >= 0.3 is 0 Å². The van der Waals surface area contributed by atoms with Crippen LogP contribution < -0.4 is 9.62 Å². The number of anilines is 1. The molecule has 0 radical (unpaired) electrons. The van der Waals surface area contributed by atoms with E-state index in [1.165, 1.54) is 0 Å². The largest absolute Gasteiger partial charge is 0.378 e. The fourth-order valence-electron chi connectivity index (χ4n) is 2.30. The molecule has 0 aliphatic carbocycles. The molecule has 0 saturated carbocycles. The zero-order chi connectivity index (χ0) is 17.7. The minimum Gasteiger partial charge on any atom is -0.378 e. The molecule has 0 heterocycles. The van der Waals surface area contributed by atoms with Gasteiger partial charge in [-0.05, 0) is 49.7 Å². The molecule has 2 aromatic rings. The smallest absolute Gasteiger partial charge is 0.241 e. The SMILES string of the molecule is Cc1ccc(S(=O)(=O)NCC#Cc2ccc(N(C)C)cc2)c(C)c1. The average Bonchev–Trinajstić information content (AvgIpc) is 2.51. The van der Waals surface area contributed by atoms with E-state index in [1.807, 2.05) is 56.3 Å². The molecule has 5 heteroatoms. The van der Waals surface area contributed by atoms with Crippen molar-refractivity contribution in [1.82, 2.24) is 4.72 Å². The highest BCUT2D eigenvalue weighted by atomic mass is 32.2. The molecule has 24 heavy (non-hydrogen) atoms. The maximum absolute atomic E-state index is 12.3. The van der Waals surface area contributed by atoms with Crippen LogP contribution in [0, 0.1) is 25.7 Å². The maximum Gasteiger partial charge on any atom is 0.241 e. The van der Waals surface area contributed by atoms with E-state index in [1.54, 1.807) is 19.1 Å². The molecule has 4 nitrogen and oxygen atoms in total. The molecule has 0 spiro atoms. The van der Waals surface area contributed by atoms with Gasteiger partial charge in [0.05, 0.1) is 11.4 Å². The third-order valence-electron chi connectivity index (χ3n) is 3.59. The normalized spacial score (nSPS) is 10.8. The Morgan fingerprint density at radius 2 is 1.71 bits per heavy atom. The van der Waals surface area contributed by atoms with E-state index in [4.69, 9.17) is 0 Å². The predicted molar refractivity (Wildman–Crippen MR) is 98.8 cm³/mol. The van der Waals surface area contributed by atoms with Gasteiger partial charge in [0.15, 0.2) is 0 Å². The summed E-state index contributed by atoms with van der Waals surface area (Å²) in [6.07, 6.45) is 0. The van der Waals surface area contributed by atoms with Gasteiger partial charge in [0, 0.05) is 25.3 Å². The molecule has 0 aliphatic heterocycles. The molecule has 2 rings (SSSR count). The summed E-state index contributed by atoms with van der Waals surface area (Å²) in [4.78, 5) is 2.31. The van der Waals surface area contributed by atoms with Crippen LogP contribution in [0.2, 0.25) is 0 Å². The van der Waals surface area contributed by atoms with Crippen molar-refractivity contribution in [3.8, 4) is 11.8 Å². The summed E-state index contributed by atoms with van der Waals surface area (Å²) in [6, 6.07) is 13.1. The summed E-state index contributed by atoms with van der Waals surface area (Å²) >= 11 is 0. The van der Waals surface area contributed by atoms with E-state index in [2.05, 4.69) is 16.6 Å². The van der Waals surface area contributed by atoms with Gasteiger partial charge in [-0.1, -0.05) is 29.5 Å². The Kier molecular flexibility index (Phi) is 5.66. The first-order valence-electron chi connectivity index (χ1n) is 7.63. The van der Waals surface area contributed by atoms with Crippen LogP contribution >= 0.6 is 0 Å². The number of aryl methyl sites for hydroxylation is 2. The third kappa shape index (κ3) is 4.60. The minimum atomic E-state index is -3.54. The van der Waals surface area contributed by atoms with Crippen LogP contribution in [0.3, 0.4) is 0 Å². The summed E-state index contributed by atoms with van der Waals surface area (Å²) in [7, 11) is 0.410. The van der Waals surface area contributed by atoms with Gasteiger partial charge in [0.2, 0.25) is 10.0 Å². The molecule has 0 amide bonds. The van der Waals surface area contributed by atoms with Gasteiger partial charge < -0.3 is 4.90 Å². The molecular formula is C19H22N2O2S.